The van der Waals surface area contributed by atoms with Crippen LogP contribution in [0.1, 0.15) is 2.97 Å². The molecule has 0 aliphatic carbocycles. The quantitative estimate of drug-likeness (QED) is 0.488. The smallest absolute Gasteiger partial charge is 0.0313 e. The highest BCUT2D eigenvalue weighted by atomic mass is 14.5. The van der Waals surface area contributed by atoms with E-state index in [2.05, 4.69) is 0 Å². The van der Waals surface area contributed by atoms with Gasteiger partial charge in [0.25, 0.3) is 0 Å². The van der Waals surface area contributed by atoms with Crippen molar-refractivity contribution in [1.29, 1.82) is 0 Å². The molecule has 7 heavy (non-hydrogen) atoms. The highest BCUT2D eigenvalue weighted by molar-refractivity contribution is 5.35. The zero-order valence-corrected chi connectivity index (χ0v) is 3.96. The van der Waals surface area contributed by atoms with Gasteiger partial charge >= 0.3 is 0 Å². The number of rotatable bonds is 0. The van der Waals surface area contributed by atoms with Crippen molar-refractivity contribution in [2.24, 2.45) is 0 Å². The Morgan fingerprint density at radius 1 is 1.29 bits per heavy atom. The fraction of sp³-hybridized carbons (Fsp3) is 0. The Balaban J connectivity index is 0.000000291. The third-order valence-corrected chi connectivity index (χ3v) is 0.800. The van der Waals surface area contributed by atoms with E-state index in [0.29, 0.717) is 0 Å². The Morgan fingerprint density at radius 2 is 1.86 bits per heavy atom. The van der Waals surface area contributed by atoms with Crippen LogP contribution in [0.3, 0.4) is 0 Å². The van der Waals surface area contributed by atoms with Gasteiger partial charge in [-0.15, -0.1) is 0 Å². The summed E-state index contributed by atoms with van der Waals surface area (Å²) in [5.41, 5.74) is 6.18. The lowest BCUT2D eigenvalue weighted by Crippen LogP contribution is -1.79. The average molecular weight is 97.2 g/mol. The van der Waals surface area contributed by atoms with Gasteiger partial charge in [0.2, 0.25) is 0 Å². The second-order valence-corrected chi connectivity index (χ2v) is 1.41. The maximum atomic E-state index is 5.36. The SMILES string of the molecule is Nc1ccccc1.[2H][2H]. The fourth-order valence-corrected chi connectivity index (χ4v) is 0.453. The maximum absolute atomic E-state index is 5.36. The standard InChI is InChI=1S/C6H7N.H2/c7-6-4-2-1-3-5-6;/h1-5H,7H2;1H/i;1+1D. The number of hydrogen-bond acceptors (Lipinski definition) is 1. The minimum atomic E-state index is 0.822. The molecule has 1 aromatic rings. The summed E-state index contributed by atoms with van der Waals surface area (Å²) in [5, 5.41) is 0. The second-order valence-electron chi connectivity index (χ2n) is 1.41. The van der Waals surface area contributed by atoms with Gasteiger partial charge in [-0.3, -0.25) is 0 Å². The topological polar surface area (TPSA) is 26.0 Å². The second kappa shape index (κ2) is 1.65. The molecular weight excluding hydrogens is 86.1 g/mol. The van der Waals surface area contributed by atoms with Crippen molar-refractivity contribution in [3.05, 3.63) is 30.3 Å². The van der Waals surface area contributed by atoms with Gasteiger partial charge in [0.15, 0.2) is 0 Å². The van der Waals surface area contributed by atoms with Gasteiger partial charge in [-0.2, -0.15) is 0 Å². The summed E-state index contributed by atoms with van der Waals surface area (Å²) in [6.07, 6.45) is 0. The summed E-state index contributed by atoms with van der Waals surface area (Å²) in [6.45, 7) is 0. The van der Waals surface area contributed by atoms with E-state index in [1.54, 1.807) is 0 Å². The van der Waals surface area contributed by atoms with Crippen LogP contribution < -0.4 is 5.73 Å². The zero-order valence-electron chi connectivity index (χ0n) is 5.96. The third kappa shape index (κ3) is 0.929. The Hall–Kier alpha value is -0.980. The number of nitrogens with two attached hydrogens (primary N) is 1. The molecule has 1 aromatic carbocycles. The van der Waals surface area contributed by atoms with Gasteiger partial charge in [-0.05, 0) is 12.1 Å². The molecule has 0 amide bonds. The van der Waals surface area contributed by atoms with E-state index in [0.717, 1.165) is 5.69 Å². The Bertz CT molecular complexity index is 141. The van der Waals surface area contributed by atoms with Crippen LogP contribution in [0.4, 0.5) is 5.69 Å². The average Bonchev–Trinajstić information content (AvgIpc) is 1.94. The number of hydrogen-bond donors (Lipinski definition) is 1. The van der Waals surface area contributed by atoms with Crippen LogP contribution in [0.15, 0.2) is 30.3 Å². The summed E-state index contributed by atoms with van der Waals surface area (Å²) in [6, 6.07) is 9.49. The molecule has 0 aromatic heterocycles. The lowest BCUT2D eigenvalue weighted by atomic mass is 10.3. The number of nitrogen functional groups attached to an aromatic ring is 1. The first-order chi connectivity index (χ1) is 4.39. The van der Waals surface area contributed by atoms with Gasteiger partial charge in [0.1, 0.15) is 0 Å². The van der Waals surface area contributed by atoms with Crippen LogP contribution in [0, 0.1) is 0 Å². The van der Waals surface area contributed by atoms with E-state index >= 15 is 0 Å². The minimum Gasteiger partial charge on any atom is -0.399 e. The van der Waals surface area contributed by atoms with E-state index in [-0.39, 0.29) is 0 Å². The lowest BCUT2D eigenvalue weighted by molar-refractivity contribution is 1.69. The molecule has 0 unspecified atom stereocenters. The number of para-hydroxylation sites is 1. The molecule has 0 atom stereocenters. The molecule has 38 valence electrons. The predicted octanol–water partition coefficient (Wildman–Crippen LogP) is 1.51. The normalized spacial score (nSPS) is 9.71. The molecule has 0 bridgehead atoms. The zero-order chi connectivity index (χ0) is 7.11. The van der Waals surface area contributed by atoms with Crippen LogP contribution in [0.5, 0.6) is 0 Å². The molecule has 0 saturated carbocycles. The highest BCUT2D eigenvalue weighted by Crippen LogP contribution is 1.95. The van der Waals surface area contributed by atoms with Crippen molar-refractivity contribution in [1.82, 2.24) is 0 Å². The van der Waals surface area contributed by atoms with E-state index < -0.39 is 0 Å². The molecule has 0 saturated heterocycles. The van der Waals surface area contributed by atoms with Gasteiger partial charge in [0, 0.05) is 8.66 Å². The summed E-state index contributed by atoms with van der Waals surface area (Å²) in [4.78, 5) is 0. The summed E-state index contributed by atoms with van der Waals surface area (Å²) in [7, 11) is 0. The predicted molar refractivity (Wildman–Crippen MR) is 33.0 cm³/mol. The van der Waals surface area contributed by atoms with Crippen molar-refractivity contribution in [2.45, 2.75) is 0 Å². The fourth-order valence-electron chi connectivity index (χ4n) is 0.453. The molecule has 0 aliphatic heterocycles. The molecule has 2 N–H and O–H groups in total. The van der Waals surface area contributed by atoms with Crippen molar-refractivity contribution in [2.75, 3.05) is 5.73 Å². The van der Waals surface area contributed by atoms with E-state index in [4.69, 9.17) is 8.70 Å². The van der Waals surface area contributed by atoms with Crippen LogP contribution in [-0.4, -0.2) is 0 Å². The minimum absolute atomic E-state index is 0.822. The van der Waals surface area contributed by atoms with Crippen LogP contribution in [0.2, 0.25) is 0 Å². The maximum Gasteiger partial charge on any atom is 0.0313 e. The first-order valence-corrected chi connectivity index (χ1v) is 2.20. The first kappa shape index (κ1) is 3.08. The van der Waals surface area contributed by atoms with Crippen molar-refractivity contribution in [3.63, 3.8) is 0 Å². The van der Waals surface area contributed by atoms with Gasteiger partial charge in [0.05, 0.1) is 0 Å². The Morgan fingerprint density at radius 3 is 2.14 bits per heavy atom. The molecule has 0 radical (unpaired) electrons. The van der Waals surface area contributed by atoms with Crippen LogP contribution >= 0.6 is 0 Å². The Kier molecular flexibility index (Phi) is 0.724. The van der Waals surface area contributed by atoms with E-state index in [9.17, 15) is 0 Å². The molecule has 0 fully saturated rings. The van der Waals surface area contributed by atoms with Crippen LogP contribution in [0.25, 0.3) is 0 Å². The molecule has 1 heteroatoms. The molecular formula is C6H9N. The molecule has 0 aliphatic rings. The molecule has 1 rings (SSSR count). The largest absolute Gasteiger partial charge is 0.399 e. The number of benzene rings is 1. The number of anilines is 1. The summed E-state index contributed by atoms with van der Waals surface area (Å²) in [5.74, 6) is 0. The van der Waals surface area contributed by atoms with Crippen molar-refractivity contribution in [3.8, 4) is 0 Å². The first-order valence-electron chi connectivity index (χ1n) is 3.20. The van der Waals surface area contributed by atoms with Gasteiger partial charge < -0.3 is 5.73 Å². The van der Waals surface area contributed by atoms with Crippen LogP contribution in [-0.2, 0) is 0 Å². The highest BCUT2D eigenvalue weighted by Gasteiger charge is 1.72. The molecule has 0 spiro atoms. The van der Waals surface area contributed by atoms with Crippen molar-refractivity contribution < 1.29 is 2.97 Å². The lowest BCUT2D eigenvalue weighted by Gasteiger charge is -1.83. The molecule has 1 nitrogen and oxygen atoms in total. The van der Waals surface area contributed by atoms with Gasteiger partial charge in [-0.1, -0.05) is 18.2 Å². The van der Waals surface area contributed by atoms with Crippen molar-refractivity contribution >= 4 is 5.69 Å². The van der Waals surface area contributed by atoms with E-state index in [1.807, 2.05) is 30.3 Å². The third-order valence-electron chi connectivity index (χ3n) is 0.800. The molecule has 0 heterocycles. The summed E-state index contributed by atoms with van der Waals surface area (Å²) < 4.78 is 10.0. The van der Waals surface area contributed by atoms with E-state index in [1.165, 1.54) is 0 Å². The summed E-state index contributed by atoms with van der Waals surface area (Å²) >= 11 is 0. The monoisotopic (exact) mass is 97.1 g/mol. The Labute approximate surface area is 45.9 Å². The van der Waals surface area contributed by atoms with Gasteiger partial charge in [-0.25, -0.2) is 0 Å².